The molecule has 0 radical (unpaired) electrons. The van der Waals surface area contributed by atoms with Gasteiger partial charge in [-0.25, -0.2) is 0 Å². The van der Waals surface area contributed by atoms with E-state index in [4.69, 9.17) is 0 Å². The van der Waals surface area contributed by atoms with Crippen LogP contribution in [-0.2, 0) is 5.41 Å². The summed E-state index contributed by atoms with van der Waals surface area (Å²) < 4.78 is 0. The predicted molar refractivity (Wildman–Crippen MR) is 276 cm³/mol. The summed E-state index contributed by atoms with van der Waals surface area (Å²) in [7, 11) is 0. The molecule has 0 spiro atoms. The van der Waals surface area contributed by atoms with E-state index < -0.39 is 0 Å². The van der Waals surface area contributed by atoms with Crippen molar-refractivity contribution in [3.8, 4) is 66.8 Å². The number of anilines is 2. The molecule has 0 saturated heterocycles. The number of nitrogens with zero attached hydrogens (tertiary/aromatic N) is 1. The molecule has 3 aliphatic rings. The molecule has 2 aliphatic carbocycles. The second kappa shape index (κ2) is 15.1. The topological polar surface area (TPSA) is 3.24 Å². The van der Waals surface area contributed by atoms with Gasteiger partial charge >= 0.3 is 0 Å². The number of allylic oxidation sites excluding steroid dienone is 4. The van der Waals surface area contributed by atoms with E-state index in [0.29, 0.717) is 5.92 Å². The van der Waals surface area contributed by atoms with Crippen LogP contribution in [0.25, 0.3) is 77.5 Å². The summed E-state index contributed by atoms with van der Waals surface area (Å²) in [6, 6.07) is 68.0. The molecule has 9 aromatic carbocycles. The molecule has 0 amide bonds. The molecule has 0 fully saturated rings. The average molecular weight is 834 g/mol. The van der Waals surface area contributed by atoms with Crippen molar-refractivity contribution in [3.63, 3.8) is 0 Å². The molecule has 1 aliphatic heterocycles. The number of benzene rings is 9. The van der Waals surface area contributed by atoms with Crippen LogP contribution >= 0.6 is 0 Å². The Labute approximate surface area is 383 Å². The first-order chi connectivity index (χ1) is 31.8. The minimum atomic E-state index is -0.165. The second-order valence-electron chi connectivity index (χ2n) is 18.8. The van der Waals surface area contributed by atoms with Crippen molar-refractivity contribution >= 4 is 22.1 Å². The summed E-state index contributed by atoms with van der Waals surface area (Å²) in [6.07, 6.45) is 7.90. The molecule has 0 N–H and O–H groups in total. The Hall–Kier alpha value is -7.48. The lowest BCUT2D eigenvalue weighted by molar-refractivity contribution is 0.660. The van der Waals surface area contributed by atoms with Crippen molar-refractivity contribution in [1.29, 1.82) is 0 Å². The number of hydrogen-bond donors (Lipinski definition) is 0. The maximum absolute atomic E-state index is 2.53. The fourth-order valence-electron chi connectivity index (χ4n) is 11.9. The van der Waals surface area contributed by atoms with Crippen molar-refractivity contribution < 1.29 is 0 Å². The average Bonchev–Trinajstić information content (AvgIpc) is 3.78. The molecular weight excluding hydrogens is 783 g/mol. The van der Waals surface area contributed by atoms with Crippen LogP contribution in [0, 0.1) is 20.8 Å². The van der Waals surface area contributed by atoms with E-state index in [-0.39, 0.29) is 5.41 Å². The van der Waals surface area contributed by atoms with Crippen LogP contribution in [-0.4, -0.2) is 0 Å². The van der Waals surface area contributed by atoms with Crippen LogP contribution in [0.1, 0.15) is 59.6 Å². The van der Waals surface area contributed by atoms with Gasteiger partial charge in [-0.1, -0.05) is 172 Å². The van der Waals surface area contributed by atoms with Crippen LogP contribution in [0.5, 0.6) is 0 Å². The molecule has 65 heavy (non-hydrogen) atoms. The zero-order chi connectivity index (χ0) is 44.0. The standard InChI is InChI=1S/C64H51N/c1-40-61(43-20-9-6-10-21-43)41(2)63(42(3)62(40)44-22-11-7-12-23-44)47-25-19-24-45(36-47)49-34-35-50(52-29-16-15-28-51(49)52)46-32-33-53-55-38-56-54-30-17-18-31-59(54)65(48-26-13-8-14-27-48)60(56)39-58(55)64(4,5)57(53)37-46/h6-29,31-39,54H,30H2,1-5H3. The Morgan fingerprint density at radius 3 is 1.58 bits per heavy atom. The van der Waals surface area contributed by atoms with Crippen molar-refractivity contribution in [2.45, 2.75) is 52.4 Å². The molecule has 1 atom stereocenters. The molecule has 9 aromatic rings. The molecule has 0 saturated carbocycles. The molecule has 1 unspecified atom stereocenters. The van der Waals surface area contributed by atoms with Crippen LogP contribution in [0.4, 0.5) is 11.4 Å². The van der Waals surface area contributed by atoms with E-state index in [1.165, 1.54) is 128 Å². The van der Waals surface area contributed by atoms with E-state index in [9.17, 15) is 0 Å². The van der Waals surface area contributed by atoms with Gasteiger partial charge in [0.2, 0.25) is 0 Å². The van der Waals surface area contributed by atoms with Gasteiger partial charge in [-0.2, -0.15) is 0 Å². The molecule has 0 aromatic heterocycles. The molecular formula is C64H51N. The van der Waals surface area contributed by atoms with Gasteiger partial charge in [0.15, 0.2) is 0 Å². The highest BCUT2D eigenvalue weighted by atomic mass is 15.2. The normalized spacial score (nSPS) is 15.4. The maximum Gasteiger partial charge on any atom is 0.0501 e. The Morgan fingerprint density at radius 2 is 0.954 bits per heavy atom. The second-order valence-corrected chi connectivity index (χ2v) is 18.8. The highest BCUT2D eigenvalue weighted by Gasteiger charge is 2.41. The third-order valence-corrected chi connectivity index (χ3v) is 14.9. The first kappa shape index (κ1) is 39.1. The fourth-order valence-corrected chi connectivity index (χ4v) is 11.9. The largest absolute Gasteiger partial charge is 0.313 e. The van der Waals surface area contributed by atoms with Gasteiger partial charge in [-0.3, -0.25) is 0 Å². The Morgan fingerprint density at radius 1 is 0.446 bits per heavy atom. The van der Waals surface area contributed by atoms with Gasteiger partial charge in [-0.05, 0) is 181 Å². The minimum Gasteiger partial charge on any atom is -0.313 e. The van der Waals surface area contributed by atoms with E-state index >= 15 is 0 Å². The van der Waals surface area contributed by atoms with Gasteiger partial charge in [0, 0.05) is 22.7 Å². The summed E-state index contributed by atoms with van der Waals surface area (Å²) in [6.45, 7) is 11.8. The predicted octanol–water partition coefficient (Wildman–Crippen LogP) is 17.5. The summed E-state index contributed by atoms with van der Waals surface area (Å²) >= 11 is 0. The molecule has 1 heteroatoms. The van der Waals surface area contributed by atoms with Crippen LogP contribution in [0.2, 0.25) is 0 Å². The molecule has 0 bridgehead atoms. The smallest absolute Gasteiger partial charge is 0.0501 e. The van der Waals surface area contributed by atoms with Gasteiger partial charge in [-0.15, -0.1) is 0 Å². The van der Waals surface area contributed by atoms with E-state index in [0.717, 1.165) is 6.42 Å². The van der Waals surface area contributed by atoms with Gasteiger partial charge in [0.1, 0.15) is 0 Å². The van der Waals surface area contributed by atoms with Crippen LogP contribution in [0.3, 0.4) is 0 Å². The molecule has 1 nitrogen and oxygen atoms in total. The highest BCUT2D eigenvalue weighted by molar-refractivity contribution is 6.06. The summed E-state index contributed by atoms with van der Waals surface area (Å²) in [5, 5.41) is 2.53. The SMILES string of the molecule is Cc1c(-c2ccccc2)c(C)c(-c2cccc(-c3ccc(-c4ccc5c(c4)C(C)(C)c4cc6c(cc4-5)C4CC=CC=C4N6c4ccccc4)c4ccccc34)c2)c(C)c1-c1ccccc1. The first-order valence-electron chi connectivity index (χ1n) is 23.2. The van der Waals surface area contributed by atoms with Gasteiger partial charge in [0.05, 0.1) is 5.69 Å². The third kappa shape index (κ3) is 6.06. The van der Waals surface area contributed by atoms with E-state index in [1.54, 1.807) is 0 Å². The van der Waals surface area contributed by atoms with Gasteiger partial charge in [0.25, 0.3) is 0 Å². The Balaban J connectivity index is 0.955. The van der Waals surface area contributed by atoms with Crippen molar-refractivity contribution in [2.75, 3.05) is 4.90 Å². The lowest BCUT2D eigenvalue weighted by Gasteiger charge is -2.26. The Bertz CT molecular complexity index is 3370. The third-order valence-electron chi connectivity index (χ3n) is 14.9. The monoisotopic (exact) mass is 833 g/mol. The lowest BCUT2D eigenvalue weighted by Crippen LogP contribution is -2.17. The molecule has 312 valence electrons. The van der Waals surface area contributed by atoms with Crippen LogP contribution in [0.15, 0.2) is 206 Å². The van der Waals surface area contributed by atoms with E-state index in [2.05, 4.69) is 240 Å². The maximum atomic E-state index is 2.53. The number of para-hydroxylation sites is 1. The van der Waals surface area contributed by atoms with Crippen LogP contribution < -0.4 is 4.90 Å². The van der Waals surface area contributed by atoms with E-state index in [1.807, 2.05) is 0 Å². The summed E-state index contributed by atoms with van der Waals surface area (Å²) in [4.78, 5) is 2.50. The first-order valence-corrected chi connectivity index (χ1v) is 23.2. The fraction of sp³-hybridized carbons (Fsp3) is 0.125. The summed E-state index contributed by atoms with van der Waals surface area (Å²) in [5.41, 5.74) is 27.4. The molecule has 1 heterocycles. The Kier molecular flexibility index (Phi) is 9.07. The number of hydrogen-bond acceptors (Lipinski definition) is 1. The summed E-state index contributed by atoms with van der Waals surface area (Å²) in [5.74, 6) is 0.362. The number of fused-ring (bicyclic) bond motifs is 7. The zero-order valence-corrected chi connectivity index (χ0v) is 37.8. The zero-order valence-electron chi connectivity index (χ0n) is 37.8. The van der Waals surface area contributed by atoms with Gasteiger partial charge < -0.3 is 4.90 Å². The van der Waals surface area contributed by atoms with Crippen molar-refractivity contribution in [2.24, 2.45) is 0 Å². The quantitative estimate of drug-likeness (QED) is 0.161. The highest BCUT2D eigenvalue weighted by Crippen LogP contribution is 2.57. The number of rotatable bonds is 6. The molecule has 12 rings (SSSR count). The minimum absolute atomic E-state index is 0.165. The lowest BCUT2D eigenvalue weighted by atomic mass is 9.80. The van der Waals surface area contributed by atoms with Crippen molar-refractivity contribution in [1.82, 2.24) is 0 Å². The van der Waals surface area contributed by atoms with Crippen molar-refractivity contribution in [3.05, 3.63) is 239 Å².